The number of carbonyl (C=O) groups is 1. The number of para-hydroxylation sites is 1. The number of carbonyl (C=O) groups excluding carboxylic acids is 1. The molecule has 0 heterocycles. The molecule has 9 heteroatoms. The molecule has 180 valence electrons. The highest BCUT2D eigenvalue weighted by molar-refractivity contribution is 7.89. The number of hydrogen-bond acceptors (Lipinski definition) is 6. The van der Waals surface area contributed by atoms with Crippen LogP contribution in [0.1, 0.15) is 11.1 Å². The number of nitrogens with one attached hydrogen (secondary N) is 1. The lowest BCUT2D eigenvalue weighted by atomic mass is 10.2. The molecule has 34 heavy (non-hydrogen) atoms. The summed E-state index contributed by atoms with van der Waals surface area (Å²) in [5, 5.41) is 2.78. The third-order valence-electron chi connectivity index (χ3n) is 5.18. The normalized spacial score (nSPS) is 11.2. The van der Waals surface area contributed by atoms with Crippen molar-refractivity contribution in [1.82, 2.24) is 9.62 Å². The Morgan fingerprint density at radius 2 is 1.47 bits per heavy atom. The van der Waals surface area contributed by atoms with E-state index in [2.05, 4.69) is 5.32 Å². The van der Waals surface area contributed by atoms with Crippen LogP contribution in [-0.2, 0) is 27.9 Å². The highest BCUT2D eigenvalue weighted by Crippen LogP contribution is 2.31. The minimum atomic E-state index is -4.04. The molecule has 3 rings (SSSR count). The quantitative estimate of drug-likeness (QED) is 0.449. The maximum Gasteiger partial charge on any atom is 0.243 e. The molecule has 0 saturated carbocycles. The van der Waals surface area contributed by atoms with Crippen molar-refractivity contribution in [1.29, 1.82) is 0 Å². The lowest BCUT2D eigenvalue weighted by Crippen LogP contribution is -2.40. The van der Waals surface area contributed by atoms with Crippen molar-refractivity contribution < 1.29 is 27.4 Å². The molecule has 0 aliphatic heterocycles. The predicted octanol–water partition coefficient (Wildman–Crippen LogP) is 3.22. The minimum Gasteiger partial charge on any atom is -0.496 e. The van der Waals surface area contributed by atoms with Crippen LogP contribution in [0, 0.1) is 0 Å². The molecule has 0 aliphatic rings. The number of benzene rings is 3. The van der Waals surface area contributed by atoms with Crippen molar-refractivity contribution in [2.75, 3.05) is 27.9 Å². The maximum atomic E-state index is 13.5. The van der Waals surface area contributed by atoms with Crippen LogP contribution in [0.25, 0.3) is 0 Å². The van der Waals surface area contributed by atoms with Crippen LogP contribution in [0.15, 0.2) is 77.7 Å². The van der Waals surface area contributed by atoms with Crippen LogP contribution in [0.2, 0.25) is 0 Å². The Morgan fingerprint density at radius 1 is 0.824 bits per heavy atom. The topological polar surface area (TPSA) is 94.2 Å². The molecule has 0 atom stereocenters. The van der Waals surface area contributed by atoms with Gasteiger partial charge in [-0.25, -0.2) is 8.42 Å². The number of ether oxygens (including phenoxy) is 3. The van der Waals surface area contributed by atoms with Gasteiger partial charge in [0.05, 0.1) is 32.8 Å². The number of hydrogen-bond donors (Lipinski definition) is 1. The van der Waals surface area contributed by atoms with Gasteiger partial charge < -0.3 is 19.5 Å². The first-order valence-corrected chi connectivity index (χ1v) is 12.0. The third kappa shape index (κ3) is 6.06. The van der Waals surface area contributed by atoms with E-state index in [9.17, 15) is 13.2 Å². The van der Waals surface area contributed by atoms with Crippen LogP contribution in [-0.4, -0.2) is 46.5 Å². The summed E-state index contributed by atoms with van der Waals surface area (Å²) in [6.07, 6.45) is 0. The van der Waals surface area contributed by atoms with Gasteiger partial charge in [-0.05, 0) is 23.8 Å². The van der Waals surface area contributed by atoms with E-state index in [1.807, 2.05) is 48.5 Å². The number of amides is 1. The second-order valence-corrected chi connectivity index (χ2v) is 9.30. The van der Waals surface area contributed by atoms with Crippen LogP contribution < -0.4 is 19.5 Å². The summed E-state index contributed by atoms with van der Waals surface area (Å²) in [5.74, 6) is 0.891. The van der Waals surface area contributed by atoms with Crippen molar-refractivity contribution in [2.24, 2.45) is 0 Å². The first-order valence-electron chi connectivity index (χ1n) is 10.5. The monoisotopic (exact) mass is 484 g/mol. The number of methoxy groups -OCH3 is 3. The van der Waals surface area contributed by atoms with E-state index in [1.54, 1.807) is 13.2 Å². The molecule has 0 radical (unpaired) electrons. The van der Waals surface area contributed by atoms with Gasteiger partial charge in [0.15, 0.2) is 11.5 Å². The van der Waals surface area contributed by atoms with Gasteiger partial charge in [-0.15, -0.1) is 0 Å². The standard InChI is InChI=1S/C25H28N2O6S/c1-31-22-12-8-7-11-20(22)16-26-25(28)18-27(17-19-9-5-4-6-10-19)34(29,30)21-13-14-23(32-2)24(15-21)33-3/h4-15H,16-18H2,1-3H3,(H,26,28). The zero-order valence-electron chi connectivity index (χ0n) is 19.4. The third-order valence-corrected chi connectivity index (χ3v) is 6.97. The summed E-state index contributed by atoms with van der Waals surface area (Å²) in [7, 11) is 0.422. The van der Waals surface area contributed by atoms with Crippen molar-refractivity contribution in [3.05, 3.63) is 83.9 Å². The summed E-state index contributed by atoms with van der Waals surface area (Å²) in [5.41, 5.74) is 1.54. The molecule has 0 unspecified atom stereocenters. The largest absolute Gasteiger partial charge is 0.496 e. The molecule has 1 amide bonds. The first kappa shape index (κ1) is 25.1. The average molecular weight is 485 g/mol. The smallest absolute Gasteiger partial charge is 0.243 e. The highest BCUT2D eigenvalue weighted by atomic mass is 32.2. The molecule has 0 spiro atoms. The summed E-state index contributed by atoms with van der Waals surface area (Å²) < 4.78 is 44.0. The van der Waals surface area contributed by atoms with Crippen molar-refractivity contribution in [2.45, 2.75) is 18.0 Å². The molecule has 3 aromatic carbocycles. The van der Waals surface area contributed by atoms with Gasteiger partial charge in [-0.2, -0.15) is 4.31 Å². The highest BCUT2D eigenvalue weighted by Gasteiger charge is 2.28. The van der Waals surface area contributed by atoms with E-state index >= 15 is 0 Å². The maximum absolute atomic E-state index is 13.5. The Bertz CT molecular complexity index is 1220. The van der Waals surface area contributed by atoms with E-state index in [0.717, 1.165) is 15.4 Å². The predicted molar refractivity (Wildman–Crippen MR) is 128 cm³/mol. The molecule has 0 fully saturated rings. The number of rotatable bonds is 11. The fourth-order valence-electron chi connectivity index (χ4n) is 3.40. The van der Waals surface area contributed by atoms with Crippen LogP contribution in [0.3, 0.4) is 0 Å². The molecule has 3 aromatic rings. The van der Waals surface area contributed by atoms with E-state index < -0.39 is 15.9 Å². The molecule has 0 aliphatic carbocycles. The second kappa shape index (κ2) is 11.5. The lowest BCUT2D eigenvalue weighted by Gasteiger charge is -2.22. The summed E-state index contributed by atoms with van der Waals surface area (Å²) in [4.78, 5) is 12.8. The van der Waals surface area contributed by atoms with Gasteiger partial charge in [0.2, 0.25) is 15.9 Å². The van der Waals surface area contributed by atoms with Crippen molar-refractivity contribution in [3.8, 4) is 17.2 Å². The Labute approximate surface area is 200 Å². The van der Waals surface area contributed by atoms with E-state index in [4.69, 9.17) is 14.2 Å². The van der Waals surface area contributed by atoms with Gasteiger partial charge in [-0.1, -0.05) is 48.5 Å². The zero-order chi connectivity index (χ0) is 24.6. The van der Waals surface area contributed by atoms with Crippen LogP contribution in [0.4, 0.5) is 0 Å². The molecule has 8 nitrogen and oxygen atoms in total. The summed E-state index contributed by atoms with van der Waals surface area (Å²) in [6.45, 7) is -0.126. The van der Waals surface area contributed by atoms with E-state index in [0.29, 0.717) is 11.5 Å². The first-order chi connectivity index (χ1) is 16.4. The average Bonchev–Trinajstić information content (AvgIpc) is 2.87. The molecular formula is C25H28N2O6S. The SMILES string of the molecule is COc1ccccc1CNC(=O)CN(Cc1ccccc1)S(=O)(=O)c1ccc(OC)c(OC)c1. The molecule has 0 bridgehead atoms. The Morgan fingerprint density at radius 3 is 2.15 bits per heavy atom. The lowest BCUT2D eigenvalue weighted by molar-refractivity contribution is -0.121. The molecule has 0 aromatic heterocycles. The Kier molecular flexibility index (Phi) is 8.50. The number of sulfonamides is 1. The summed E-state index contributed by atoms with van der Waals surface area (Å²) in [6, 6.07) is 20.7. The van der Waals surface area contributed by atoms with Gasteiger partial charge in [0.1, 0.15) is 5.75 Å². The molecular weight excluding hydrogens is 456 g/mol. The summed E-state index contributed by atoms with van der Waals surface area (Å²) >= 11 is 0. The Balaban J connectivity index is 1.85. The van der Waals surface area contributed by atoms with Gasteiger partial charge >= 0.3 is 0 Å². The van der Waals surface area contributed by atoms with Gasteiger partial charge in [0.25, 0.3) is 0 Å². The van der Waals surface area contributed by atoms with Crippen LogP contribution in [0.5, 0.6) is 17.2 Å². The fraction of sp³-hybridized carbons (Fsp3) is 0.240. The van der Waals surface area contributed by atoms with Crippen molar-refractivity contribution >= 4 is 15.9 Å². The van der Waals surface area contributed by atoms with Gasteiger partial charge in [0, 0.05) is 24.7 Å². The van der Waals surface area contributed by atoms with E-state index in [1.165, 1.54) is 32.4 Å². The minimum absolute atomic E-state index is 0.00129. The number of nitrogens with zero attached hydrogens (tertiary/aromatic N) is 1. The van der Waals surface area contributed by atoms with Crippen molar-refractivity contribution in [3.63, 3.8) is 0 Å². The second-order valence-electron chi connectivity index (χ2n) is 7.36. The van der Waals surface area contributed by atoms with Crippen LogP contribution >= 0.6 is 0 Å². The van der Waals surface area contributed by atoms with Gasteiger partial charge in [-0.3, -0.25) is 4.79 Å². The fourth-order valence-corrected chi connectivity index (χ4v) is 4.80. The Hall–Kier alpha value is -3.56. The molecule has 1 N–H and O–H groups in total. The van der Waals surface area contributed by atoms with E-state index in [-0.39, 0.29) is 30.3 Å². The molecule has 0 saturated heterocycles. The zero-order valence-corrected chi connectivity index (χ0v) is 20.2.